The summed E-state index contributed by atoms with van der Waals surface area (Å²) in [5, 5.41) is 4.16. The molecule has 84 valence electrons. The van der Waals surface area contributed by atoms with Crippen molar-refractivity contribution < 1.29 is 4.74 Å². The summed E-state index contributed by atoms with van der Waals surface area (Å²) in [5.74, 6) is 0.830. The minimum absolute atomic E-state index is 0.164. The number of nitrogens with two attached hydrogens (primary N) is 1. The maximum Gasteiger partial charge on any atom is 0.122 e. The van der Waals surface area contributed by atoms with Crippen molar-refractivity contribution in [1.29, 1.82) is 0 Å². The van der Waals surface area contributed by atoms with Gasteiger partial charge in [-0.1, -0.05) is 0 Å². The van der Waals surface area contributed by atoms with Crippen LogP contribution in [0, 0.1) is 0 Å². The van der Waals surface area contributed by atoms with Crippen molar-refractivity contribution in [2.45, 2.75) is 20.0 Å². The predicted octanol–water partition coefficient (Wildman–Crippen LogP) is 3.78. The zero-order valence-corrected chi connectivity index (χ0v) is 10.3. The fraction of sp³-hybridized carbons (Fsp3) is 0.231. The summed E-state index contributed by atoms with van der Waals surface area (Å²) in [6.07, 6.45) is 0.164. The smallest absolute Gasteiger partial charge is 0.122 e. The summed E-state index contributed by atoms with van der Waals surface area (Å²) in [6, 6.07) is 7.93. The maximum absolute atomic E-state index is 5.86. The van der Waals surface area contributed by atoms with Crippen LogP contribution >= 0.6 is 11.3 Å². The summed E-state index contributed by atoms with van der Waals surface area (Å²) in [4.78, 5) is 0. The quantitative estimate of drug-likeness (QED) is 0.819. The lowest BCUT2D eigenvalue weighted by Crippen LogP contribution is -2.05. The van der Waals surface area contributed by atoms with Crippen LogP contribution in [0.1, 0.15) is 13.8 Å². The second kappa shape index (κ2) is 4.58. The van der Waals surface area contributed by atoms with Gasteiger partial charge in [-0.05, 0) is 53.9 Å². The highest BCUT2D eigenvalue weighted by molar-refractivity contribution is 7.08. The third-order valence-electron chi connectivity index (χ3n) is 2.16. The lowest BCUT2D eigenvalue weighted by molar-refractivity contribution is 0.242. The average molecular weight is 233 g/mol. The third-order valence-corrected chi connectivity index (χ3v) is 2.84. The zero-order valence-electron chi connectivity index (χ0n) is 9.44. The summed E-state index contributed by atoms with van der Waals surface area (Å²) >= 11 is 1.68. The van der Waals surface area contributed by atoms with E-state index in [4.69, 9.17) is 10.5 Å². The molecule has 2 aromatic rings. The third kappa shape index (κ3) is 2.55. The van der Waals surface area contributed by atoms with Gasteiger partial charge in [-0.3, -0.25) is 0 Å². The van der Waals surface area contributed by atoms with Crippen LogP contribution in [0.3, 0.4) is 0 Å². The molecule has 0 aliphatic heterocycles. The zero-order chi connectivity index (χ0) is 11.5. The predicted molar refractivity (Wildman–Crippen MR) is 69.9 cm³/mol. The van der Waals surface area contributed by atoms with Gasteiger partial charge >= 0.3 is 0 Å². The number of nitrogen functional groups attached to an aromatic ring is 1. The Kier molecular flexibility index (Phi) is 3.15. The van der Waals surface area contributed by atoms with Gasteiger partial charge < -0.3 is 10.5 Å². The molecule has 2 nitrogen and oxygen atoms in total. The molecule has 0 spiro atoms. The minimum atomic E-state index is 0.164. The molecule has 0 radical (unpaired) electrons. The topological polar surface area (TPSA) is 35.2 Å². The molecule has 2 rings (SSSR count). The van der Waals surface area contributed by atoms with E-state index in [-0.39, 0.29) is 6.10 Å². The molecular formula is C13H15NOS. The van der Waals surface area contributed by atoms with Gasteiger partial charge in [0, 0.05) is 11.8 Å². The largest absolute Gasteiger partial charge is 0.491 e. The summed E-state index contributed by atoms with van der Waals surface area (Å²) in [6.45, 7) is 4.01. The minimum Gasteiger partial charge on any atom is -0.491 e. The molecule has 3 heteroatoms. The summed E-state index contributed by atoms with van der Waals surface area (Å²) < 4.78 is 5.66. The van der Waals surface area contributed by atoms with Crippen molar-refractivity contribution in [1.82, 2.24) is 0 Å². The van der Waals surface area contributed by atoms with E-state index in [0.29, 0.717) is 0 Å². The van der Waals surface area contributed by atoms with Crippen molar-refractivity contribution in [2.24, 2.45) is 0 Å². The molecule has 16 heavy (non-hydrogen) atoms. The number of thiophene rings is 1. The lowest BCUT2D eigenvalue weighted by Gasteiger charge is -2.11. The Morgan fingerprint density at radius 2 is 2.00 bits per heavy atom. The Bertz CT molecular complexity index is 463. The van der Waals surface area contributed by atoms with Gasteiger partial charge in [-0.25, -0.2) is 0 Å². The van der Waals surface area contributed by atoms with Crippen molar-refractivity contribution in [3.63, 3.8) is 0 Å². The Morgan fingerprint density at radius 3 is 2.62 bits per heavy atom. The standard InChI is InChI=1S/C13H15NOS/c1-9(2)15-13-6-11(5-12(14)7-13)10-3-4-16-8-10/h3-9H,14H2,1-2H3. The number of hydrogen-bond acceptors (Lipinski definition) is 3. The number of rotatable bonds is 3. The highest BCUT2D eigenvalue weighted by Gasteiger charge is 2.04. The van der Waals surface area contributed by atoms with Crippen LogP contribution in [0.15, 0.2) is 35.0 Å². The van der Waals surface area contributed by atoms with Gasteiger partial charge in [0.15, 0.2) is 0 Å². The van der Waals surface area contributed by atoms with Crippen LogP contribution < -0.4 is 10.5 Å². The van der Waals surface area contributed by atoms with E-state index in [0.717, 1.165) is 17.0 Å². The molecule has 1 heterocycles. The van der Waals surface area contributed by atoms with Crippen molar-refractivity contribution >= 4 is 17.0 Å². The van der Waals surface area contributed by atoms with Crippen LogP contribution in [-0.4, -0.2) is 6.10 Å². The van der Waals surface area contributed by atoms with E-state index in [1.165, 1.54) is 5.56 Å². The van der Waals surface area contributed by atoms with E-state index in [9.17, 15) is 0 Å². The van der Waals surface area contributed by atoms with Gasteiger partial charge in [0.1, 0.15) is 5.75 Å². The first kappa shape index (κ1) is 11.0. The van der Waals surface area contributed by atoms with E-state index in [2.05, 4.69) is 16.8 Å². The van der Waals surface area contributed by atoms with E-state index < -0.39 is 0 Å². The monoisotopic (exact) mass is 233 g/mol. The molecule has 1 aromatic carbocycles. The van der Waals surface area contributed by atoms with Crippen molar-refractivity contribution in [3.05, 3.63) is 35.0 Å². The van der Waals surface area contributed by atoms with Gasteiger partial charge in [-0.15, -0.1) is 0 Å². The highest BCUT2D eigenvalue weighted by Crippen LogP contribution is 2.29. The van der Waals surface area contributed by atoms with Crippen LogP contribution in [-0.2, 0) is 0 Å². The average Bonchev–Trinajstić information content (AvgIpc) is 2.67. The first-order valence-corrected chi connectivity index (χ1v) is 6.19. The lowest BCUT2D eigenvalue weighted by atomic mass is 10.1. The Hall–Kier alpha value is -1.48. The van der Waals surface area contributed by atoms with Crippen LogP contribution in [0.5, 0.6) is 5.75 Å². The molecule has 0 bridgehead atoms. The molecule has 0 atom stereocenters. The molecular weight excluding hydrogens is 218 g/mol. The number of ether oxygens (including phenoxy) is 1. The van der Waals surface area contributed by atoms with E-state index in [1.54, 1.807) is 11.3 Å². The SMILES string of the molecule is CC(C)Oc1cc(N)cc(-c2ccsc2)c1. The van der Waals surface area contributed by atoms with Gasteiger partial charge in [-0.2, -0.15) is 11.3 Å². The van der Waals surface area contributed by atoms with Crippen LogP contribution in [0.25, 0.3) is 11.1 Å². The summed E-state index contributed by atoms with van der Waals surface area (Å²) in [7, 11) is 0. The number of hydrogen-bond donors (Lipinski definition) is 1. The molecule has 0 fully saturated rings. The number of anilines is 1. The molecule has 0 aliphatic carbocycles. The van der Waals surface area contributed by atoms with E-state index in [1.807, 2.05) is 32.0 Å². The van der Waals surface area contributed by atoms with Crippen molar-refractivity contribution in [3.8, 4) is 16.9 Å². The van der Waals surface area contributed by atoms with E-state index >= 15 is 0 Å². The molecule has 2 N–H and O–H groups in total. The second-order valence-corrected chi connectivity index (χ2v) is 4.75. The fourth-order valence-electron chi connectivity index (χ4n) is 1.56. The normalized spacial score (nSPS) is 10.7. The molecule has 0 aliphatic rings. The Morgan fingerprint density at radius 1 is 1.19 bits per heavy atom. The number of benzene rings is 1. The first-order valence-electron chi connectivity index (χ1n) is 5.25. The van der Waals surface area contributed by atoms with Gasteiger partial charge in [0.05, 0.1) is 6.10 Å². The van der Waals surface area contributed by atoms with Crippen molar-refractivity contribution in [2.75, 3.05) is 5.73 Å². The fourth-order valence-corrected chi connectivity index (χ4v) is 2.22. The van der Waals surface area contributed by atoms with Crippen LogP contribution in [0.2, 0.25) is 0 Å². The Labute approximate surface area is 99.7 Å². The molecule has 1 aromatic heterocycles. The first-order chi connectivity index (χ1) is 7.65. The van der Waals surface area contributed by atoms with Gasteiger partial charge in [0.25, 0.3) is 0 Å². The van der Waals surface area contributed by atoms with Gasteiger partial charge in [0.2, 0.25) is 0 Å². The molecule has 0 saturated carbocycles. The second-order valence-electron chi connectivity index (χ2n) is 3.97. The molecule has 0 unspecified atom stereocenters. The highest BCUT2D eigenvalue weighted by atomic mass is 32.1. The summed E-state index contributed by atoms with van der Waals surface area (Å²) in [5.41, 5.74) is 8.89. The molecule has 0 amide bonds. The molecule has 0 saturated heterocycles. The Balaban J connectivity index is 2.36. The maximum atomic E-state index is 5.86. The van der Waals surface area contributed by atoms with Crippen LogP contribution in [0.4, 0.5) is 5.69 Å².